The van der Waals surface area contributed by atoms with Gasteiger partial charge in [0.05, 0.1) is 26.4 Å². The van der Waals surface area contributed by atoms with E-state index in [-0.39, 0.29) is 32.7 Å². The summed E-state index contributed by atoms with van der Waals surface area (Å²) in [6, 6.07) is 0. The van der Waals surface area contributed by atoms with Crippen molar-refractivity contribution in [2.24, 2.45) is 0 Å². The number of aliphatic hydroxyl groups excluding tert-OH is 7. The largest absolute Gasteiger partial charge is 0.472 e. The lowest BCUT2D eigenvalue weighted by Crippen LogP contribution is -2.64. The first-order chi connectivity index (χ1) is 37.3. The van der Waals surface area contributed by atoms with Crippen molar-refractivity contribution >= 4 is 19.8 Å². The molecule has 0 radical (unpaired) electrons. The molecule has 2 aliphatic rings. The van der Waals surface area contributed by atoms with Crippen molar-refractivity contribution in [3.8, 4) is 0 Å². The number of hydrogen-bond acceptors (Lipinski definition) is 18. The fourth-order valence-electron chi connectivity index (χ4n) is 9.14. The first kappa shape index (κ1) is 71.2. The van der Waals surface area contributed by atoms with Crippen molar-refractivity contribution in [2.45, 2.75) is 287 Å². The Hall–Kier alpha value is -1.91. The number of ether oxygens (including phenoxy) is 6. The molecule has 2 heterocycles. The van der Waals surface area contributed by atoms with E-state index >= 15 is 0 Å². The molecule has 77 heavy (non-hydrogen) atoms. The molecule has 2 saturated heterocycles. The topological polar surface area (TPSA) is 287 Å². The lowest BCUT2D eigenvalue weighted by atomic mass is 9.97. The molecule has 8 N–H and O–H groups in total. The summed E-state index contributed by atoms with van der Waals surface area (Å²) < 4.78 is 56.5. The SMILES string of the molecule is CCCCCCCC/C=C\CCCCCCCC(=O)OCC(COP(=O)(O)OCCCCCCO[C@@H]1O[C@H](CO)[C@@H](O[C@@H]2O[C@H](CO)[C@H](O)[C@H](O)[C@H]2O)[C@H](O)[C@H]1O)OC(=O)CCCCCCC/C=C\CCCCCCCC. The number of carbonyl (C=O) groups excluding carboxylic acids is 2. The molecule has 0 amide bonds. The highest BCUT2D eigenvalue weighted by Crippen LogP contribution is 2.43. The molecule has 0 aromatic heterocycles. The van der Waals surface area contributed by atoms with Crippen LogP contribution in [0.15, 0.2) is 24.3 Å². The average Bonchev–Trinajstić information content (AvgIpc) is 3.41. The first-order valence-corrected chi connectivity index (χ1v) is 31.2. The predicted molar refractivity (Wildman–Crippen MR) is 292 cm³/mol. The Morgan fingerprint density at radius 3 is 1.45 bits per heavy atom. The highest BCUT2D eigenvalue weighted by Gasteiger charge is 2.50. The van der Waals surface area contributed by atoms with E-state index < -0.39 is 107 Å². The Kier molecular flexibility index (Phi) is 42.2. The predicted octanol–water partition coefficient (Wildman–Crippen LogP) is 8.85. The van der Waals surface area contributed by atoms with Gasteiger partial charge >= 0.3 is 19.8 Å². The van der Waals surface area contributed by atoms with Gasteiger partial charge in [-0.2, -0.15) is 0 Å². The van der Waals surface area contributed by atoms with Crippen LogP contribution in [0.4, 0.5) is 0 Å². The molecule has 19 nitrogen and oxygen atoms in total. The van der Waals surface area contributed by atoms with Crippen LogP contribution < -0.4 is 0 Å². The molecule has 452 valence electrons. The third kappa shape index (κ3) is 33.6. The van der Waals surface area contributed by atoms with E-state index in [0.717, 1.165) is 77.0 Å². The average molecular weight is 1130 g/mol. The fraction of sp³-hybridized carbons (Fsp3) is 0.895. The summed E-state index contributed by atoms with van der Waals surface area (Å²) in [5.41, 5.74) is 0. The molecule has 0 aromatic carbocycles. The number of aliphatic hydroxyl groups is 7. The second kappa shape index (κ2) is 45.7. The van der Waals surface area contributed by atoms with Gasteiger partial charge in [0.2, 0.25) is 0 Å². The van der Waals surface area contributed by atoms with Gasteiger partial charge in [-0.1, -0.05) is 154 Å². The highest BCUT2D eigenvalue weighted by molar-refractivity contribution is 7.47. The van der Waals surface area contributed by atoms with Gasteiger partial charge in [-0.15, -0.1) is 0 Å². The van der Waals surface area contributed by atoms with Crippen LogP contribution in [0, 0.1) is 0 Å². The van der Waals surface area contributed by atoms with Crippen LogP contribution in [0.1, 0.15) is 219 Å². The molecule has 0 spiro atoms. The fourth-order valence-corrected chi connectivity index (χ4v) is 9.93. The Morgan fingerprint density at radius 2 is 0.935 bits per heavy atom. The maximum atomic E-state index is 12.9. The minimum Gasteiger partial charge on any atom is -0.462 e. The zero-order valence-corrected chi connectivity index (χ0v) is 47.9. The third-order valence-electron chi connectivity index (χ3n) is 14.0. The number of esters is 2. The molecule has 2 aliphatic heterocycles. The molecule has 20 heteroatoms. The summed E-state index contributed by atoms with van der Waals surface area (Å²) in [5, 5.41) is 71.5. The quantitative estimate of drug-likeness (QED) is 0.0122. The first-order valence-electron chi connectivity index (χ1n) is 29.7. The minimum absolute atomic E-state index is 0.0622. The number of carbonyl (C=O) groups is 2. The van der Waals surface area contributed by atoms with Gasteiger partial charge in [0.25, 0.3) is 0 Å². The zero-order chi connectivity index (χ0) is 56.4. The normalized spacial score (nSPS) is 25.1. The molecule has 2 rings (SSSR count). The molecule has 12 atom stereocenters. The summed E-state index contributed by atoms with van der Waals surface area (Å²) in [4.78, 5) is 36.1. The van der Waals surface area contributed by atoms with Crippen molar-refractivity contribution in [1.82, 2.24) is 0 Å². The van der Waals surface area contributed by atoms with Crippen molar-refractivity contribution in [2.75, 3.05) is 39.6 Å². The van der Waals surface area contributed by atoms with Crippen molar-refractivity contribution < 1.29 is 92.3 Å². The van der Waals surface area contributed by atoms with Crippen molar-refractivity contribution in [1.29, 1.82) is 0 Å². The van der Waals surface area contributed by atoms with E-state index in [0.29, 0.717) is 38.5 Å². The molecule has 0 aliphatic carbocycles. The van der Waals surface area contributed by atoms with Crippen molar-refractivity contribution in [3.05, 3.63) is 24.3 Å². The monoisotopic (exact) mass is 1120 g/mol. The van der Waals surface area contributed by atoms with Gasteiger partial charge in [-0.25, -0.2) is 4.57 Å². The summed E-state index contributed by atoms with van der Waals surface area (Å²) in [6.45, 7) is 2.14. The molecule has 0 aromatic rings. The van der Waals surface area contributed by atoms with Crippen molar-refractivity contribution in [3.63, 3.8) is 0 Å². The number of phosphoric ester groups is 1. The number of allylic oxidation sites excluding steroid dienone is 4. The Morgan fingerprint density at radius 1 is 0.494 bits per heavy atom. The number of rotatable bonds is 49. The van der Waals surface area contributed by atoms with Gasteiger partial charge in [-0.05, 0) is 77.0 Å². The summed E-state index contributed by atoms with van der Waals surface area (Å²) >= 11 is 0. The second-order valence-electron chi connectivity index (χ2n) is 20.9. The van der Waals surface area contributed by atoms with E-state index in [4.69, 9.17) is 37.5 Å². The van der Waals surface area contributed by atoms with E-state index in [1.165, 1.54) is 77.0 Å². The molecular formula is C57H105O19P. The van der Waals surface area contributed by atoms with Gasteiger partial charge < -0.3 is 69.1 Å². The Labute approximate surface area is 461 Å². The summed E-state index contributed by atoms with van der Waals surface area (Å²) in [7, 11) is -4.59. The van der Waals surface area contributed by atoms with E-state index in [1.54, 1.807) is 0 Å². The zero-order valence-electron chi connectivity index (χ0n) is 47.0. The Balaban J connectivity index is 1.72. The van der Waals surface area contributed by atoms with Gasteiger partial charge in [0.1, 0.15) is 55.4 Å². The summed E-state index contributed by atoms with van der Waals surface area (Å²) in [5.74, 6) is -0.960. The minimum atomic E-state index is -4.59. The Bertz CT molecular complexity index is 1550. The lowest BCUT2D eigenvalue weighted by molar-refractivity contribution is -0.359. The maximum absolute atomic E-state index is 12.9. The summed E-state index contributed by atoms with van der Waals surface area (Å²) in [6.07, 6.45) is 24.2. The number of phosphoric acid groups is 1. The third-order valence-corrected chi connectivity index (χ3v) is 15.0. The molecule has 2 unspecified atom stereocenters. The number of hydrogen-bond donors (Lipinski definition) is 8. The van der Waals surface area contributed by atoms with Crippen LogP contribution in [0.3, 0.4) is 0 Å². The second-order valence-corrected chi connectivity index (χ2v) is 22.3. The van der Waals surface area contributed by atoms with Gasteiger partial charge in [0.15, 0.2) is 18.7 Å². The number of unbranched alkanes of at least 4 members (excludes halogenated alkanes) is 25. The molecule has 2 fully saturated rings. The van der Waals surface area contributed by atoms with Crippen LogP contribution in [-0.2, 0) is 51.6 Å². The van der Waals surface area contributed by atoms with Gasteiger partial charge in [0, 0.05) is 19.4 Å². The lowest BCUT2D eigenvalue weighted by Gasteiger charge is -2.45. The standard InChI is InChI=1S/C57H105O19P/c1-3-5-7-9-11-13-15-17-19-21-23-25-27-29-33-37-48(60)70-43-45(73-49(61)38-34-30-28-26-24-22-20-18-16-14-12-10-8-6-4-2)44-72-77(67,68)71-40-36-32-31-35-39-69-56-54(66)52(64)55(47(42-59)75-56)76-57-53(65)51(63)50(62)46(41-58)74-57/h17-20,45-47,50-59,62-66H,3-16,21-44H2,1-2H3,(H,67,68)/b19-17-,20-18-/t45?,46-,47-,50+,51+,52-,53-,54-,55-,56-,57+/m1/s1. The van der Waals surface area contributed by atoms with E-state index in [2.05, 4.69) is 38.2 Å². The van der Waals surface area contributed by atoms with Gasteiger partial charge in [-0.3, -0.25) is 18.6 Å². The van der Waals surface area contributed by atoms with Crippen LogP contribution in [0.5, 0.6) is 0 Å². The van der Waals surface area contributed by atoms with E-state index in [9.17, 15) is 54.8 Å². The maximum Gasteiger partial charge on any atom is 0.472 e. The smallest absolute Gasteiger partial charge is 0.462 e. The van der Waals surface area contributed by atoms with Crippen LogP contribution >= 0.6 is 7.82 Å². The molecule has 0 bridgehead atoms. The van der Waals surface area contributed by atoms with Crippen LogP contribution in [-0.4, -0.2) is 160 Å². The molecular weight excluding hydrogens is 1020 g/mol. The van der Waals surface area contributed by atoms with Crippen LogP contribution in [0.2, 0.25) is 0 Å². The van der Waals surface area contributed by atoms with Crippen LogP contribution in [0.25, 0.3) is 0 Å². The van der Waals surface area contributed by atoms with E-state index in [1.807, 2.05) is 0 Å². The molecule has 0 saturated carbocycles. The highest BCUT2D eigenvalue weighted by atomic mass is 31.2.